The van der Waals surface area contributed by atoms with Crippen molar-refractivity contribution in [3.05, 3.63) is 54.0 Å². The number of benzene rings is 1. The minimum atomic E-state index is -0.130. The first-order chi connectivity index (χ1) is 11.7. The largest absolute Gasteiger partial charge is 0.370 e. The van der Waals surface area contributed by atoms with Gasteiger partial charge in [0.15, 0.2) is 11.1 Å². The summed E-state index contributed by atoms with van der Waals surface area (Å²) < 4.78 is 0. The second-order valence-corrected chi connectivity index (χ2v) is 5.60. The highest BCUT2D eigenvalue weighted by Crippen LogP contribution is 2.27. The van der Waals surface area contributed by atoms with E-state index < -0.39 is 0 Å². The summed E-state index contributed by atoms with van der Waals surface area (Å²) in [5.41, 5.74) is 7.85. The summed E-state index contributed by atoms with van der Waals surface area (Å²) in [7, 11) is 0. The number of hydrogen-bond donors (Lipinski definition) is 4. The second-order valence-electron chi connectivity index (χ2n) is 4.74. The van der Waals surface area contributed by atoms with Crippen LogP contribution in [0.5, 0.6) is 0 Å². The lowest BCUT2D eigenvalue weighted by molar-refractivity contribution is 1.32. The fourth-order valence-electron chi connectivity index (χ4n) is 1.95. The van der Waals surface area contributed by atoms with Gasteiger partial charge in [0.25, 0.3) is 0 Å². The van der Waals surface area contributed by atoms with Crippen LogP contribution in [0.3, 0.4) is 0 Å². The molecule has 0 aliphatic rings. The molecule has 2 heterocycles. The molecule has 0 spiro atoms. The number of hydrogen-bond acceptors (Lipinski definition) is 5. The standard InChI is InChI=1S/C16H15N7S/c17-15(18)23-16-22-13(9-24-16)11-4-3-5-12(8-11)20-10-21-14-6-1-2-7-19-14/h1-10H,(H,19,20,21)(H4,17,18,22,23). The SMILES string of the molecule is N=C(N)Nc1nc(-c2cccc(/N=C/Nc3ccccn3)c2)cs1. The zero-order valence-corrected chi connectivity index (χ0v) is 13.4. The van der Waals surface area contributed by atoms with Crippen LogP contribution in [0.4, 0.5) is 16.6 Å². The Morgan fingerprint density at radius 2 is 2.17 bits per heavy atom. The number of aromatic nitrogens is 2. The van der Waals surface area contributed by atoms with E-state index in [0.29, 0.717) is 5.13 Å². The molecule has 5 N–H and O–H groups in total. The van der Waals surface area contributed by atoms with Crippen molar-refractivity contribution in [2.75, 3.05) is 10.6 Å². The van der Waals surface area contributed by atoms with Gasteiger partial charge in [0.05, 0.1) is 17.7 Å². The molecule has 0 amide bonds. The zero-order valence-electron chi connectivity index (χ0n) is 12.6. The predicted molar refractivity (Wildman–Crippen MR) is 99.1 cm³/mol. The highest BCUT2D eigenvalue weighted by atomic mass is 32.1. The van der Waals surface area contributed by atoms with Crippen LogP contribution in [0, 0.1) is 5.41 Å². The van der Waals surface area contributed by atoms with Gasteiger partial charge < -0.3 is 16.4 Å². The first-order valence-electron chi connectivity index (χ1n) is 7.08. The number of aliphatic imine (C=N–C) groups is 1. The van der Waals surface area contributed by atoms with Crippen LogP contribution in [-0.2, 0) is 0 Å². The van der Waals surface area contributed by atoms with Crippen molar-refractivity contribution in [3.8, 4) is 11.3 Å². The van der Waals surface area contributed by atoms with Gasteiger partial charge in [0, 0.05) is 17.1 Å². The maximum Gasteiger partial charge on any atom is 0.192 e. The van der Waals surface area contributed by atoms with Gasteiger partial charge in [-0.3, -0.25) is 5.41 Å². The topological polar surface area (TPSA) is 112 Å². The van der Waals surface area contributed by atoms with Gasteiger partial charge in [-0.25, -0.2) is 15.0 Å². The predicted octanol–water partition coefficient (Wildman–Crippen LogP) is 3.28. The van der Waals surface area contributed by atoms with E-state index in [0.717, 1.165) is 22.8 Å². The van der Waals surface area contributed by atoms with E-state index in [9.17, 15) is 0 Å². The first kappa shape index (κ1) is 15.6. The molecule has 0 fully saturated rings. The average molecular weight is 337 g/mol. The summed E-state index contributed by atoms with van der Waals surface area (Å²) in [6.07, 6.45) is 3.32. The molecule has 2 aromatic heterocycles. The zero-order chi connectivity index (χ0) is 16.8. The van der Waals surface area contributed by atoms with Crippen molar-refractivity contribution in [1.29, 1.82) is 5.41 Å². The van der Waals surface area contributed by atoms with Crippen molar-refractivity contribution < 1.29 is 0 Å². The molecule has 0 saturated heterocycles. The van der Waals surface area contributed by atoms with Crippen molar-refractivity contribution >= 4 is 40.3 Å². The van der Waals surface area contributed by atoms with Crippen molar-refractivity contribution in [2.24, 2.45) is 10.7 Å². The van der Waals surface area contributed by atoms with Gasteiger partial charge in [-0.1, -0.05) is 18.2 Å². The number of thiazole rings is 1. The van der Waals surface area contributed by atoms with E-state index in [2.05, 4.69) is 25.6 Å². The Labute approximate surface area is 142 Å². The molecule has 0 bridgehead atoms. The lowest BCUT2D eigenvalue weighted by Gasteiger charge is -2.00. The number of nitrogens with one attached hydrogen (secondary N) is 3. The van der Waals surface area contributed by atoms with E-state index in [-0.39, 0.29) is 5.96 Å². The fraction of sp³-hybridized carbons (Fsp3) is 0. The molecule has 0 aliphatic heterocycles. The van der Waals surface area contributed by atoms with Gasteiger partial charge >= 0.3 is 0 Å². The second kappa shape index (κ2) is 7.34. The molecule has 24 heavy (non-hydrogen) atoms. The Kier molecular flexibility index (Phi) is 4.78. The summed E-state index contributed by atoms with van der Waals surface area (Å²) in [5.74, 6) is 0.603. The minimum absolute atomic E-state index is 0.130. The number of rotatable bonds is 5. The molecular formula is C16H15N7S. The lowest BCUT2D eigenvalue weighted by atomic mass is 10.1. The number of nitrogens with two attached hydrogens (primary N) is 1. The highest BCUT2D eigenvalue weighted by molar-refractivity contribution is 7.14. The minimum Gasteiger partial charge on any atom is -0.370 e. The molecule has 0 unspecified atom stereocenters. The molecule has 0 saturated carbocycles. The normalized spacial score (nSPS) is 10.7. The molecule has 0 aliphatic carbocycles. The first-order valence-corrected chi connectivity index (χ1v) is 7.96. The lowest BCUT2D eigenvalue weighted by Crippen LogP contribution is -2.20. The van der Waals surface area contributed by atoms with E-state index in [1.54, 1.807) is 12.5 Å². The molecule has 8 heteroatoms. The van der Waals surface area contributed by atoms with Crippen LogP contribution in [0.25, 0.3) is 11.3 Å². The van der Waals surface area contributed by atoms with Crippen LogP contribution in [-0.4, -0.2) is 22.3 Å². The van der Waals surface area contributed by atoms with E-state index in [1.165, 1.54) is 11.3 Å². The molecule has 0 atom stereocenters. The summed E-state index contributed by atoms with van der Waals surface area (Å²) in [4.78, 5) is 12.9. The maximum absolute atomic E-state index is 7.23. The number of anilines is 2. The number of guanidine groups is 1. The molecule has 0 radical (unpaired) electrons. The summed E-state index contributed by atoms with van der Waals surface area (Å²) in [6.45, 7) is 0. The van der Waals surface area contributed by atoms with Crippen LogP contribution in [0.15, 0.2) is 59.0 Å². The van der Waals surface area contributed by atoms with Gasteiger partial charge in [-0.2, -0.15) is 0 Å². The van der Waals surface area contributed by atoms with Crippen molar-refractivity contribution in [1.82, 2.24) is 9.97 Å². The molecule has 7 nitrogen and oxygen atoms in total. The summed E-state index contributed by atoms with van der Waals surface area (Å²) in [6, 6.07) is 13.3. The quantitative estimate of drug-likeness (QED) is 0.421. The third-order valence-corrected chi connectivity index (χ3v) is 3.74. The van der Waals surface area contributed by atoms with E-state index in [4.69, 9.17) is 11.1 Å². The van der Waals surface area contributed by atoms with E-state index in [1.807, 2.05) is 47.8 Å². The molecular weight excluding hydrogens is 322 g/mol. The van der Waals surface area contributed by atoms with Crippen LogP contribution in [0.2, 0.25) is 0 Å². The fourth-order valence-corrected chi connectivity index (χ4v) is 2.68. The van der Waals surface area contributed by atoms with Gasteiger partial charge in [0.1, 0.15) is 5.82 Å². The molecule has 3 aromatic rings. The third-order valence-electron chi connectivity index (χ3n) is 2.98. The Balaban J connectivity index is 1.72. The van der Waals surface area contributed by atoms with Crippen molar-refractivity contribution in [2.45, 2.75) is 0 Å². The average Bonchev–Trinajstić information content (AvgIpc) is 3.04. The maximum atomic E-state index is 7.23. The Morgan fingerprint density at radius 1 is 1.25 bits per heavy atom. The highest BCUT2D eigenvalue weighted by Gasteiger charge is 2.05. The molecule has 3 rings (SSSR count). The Hall–Kier alpha value is -3.26. The third kappa shape index (κ3) is 4.14. The van der Waals surface area contributed by atoms with Gasteiger partial charge in [-0.15, -0.1) is 11.3 Å². The molecule has 1 aromatic carbocycles. The summed E-state index contributed by atoms with van der Waals surface area (Å²) in [5, 5.41) is 15.4. The van der Waals surface area contributed by atoms with Gasteiger partial charge in [-0.05, 0) is 24.3 Å². The van der Waals surface area contributed by atoms with Gasteiger partial charge in [0.2, 0.25) is 0 Å². The van der Waals surface area contributed by atoms with Crippen LogP contribution in [0.1, 0.15) is 0 Å². The van der Waals surface area contributed by atoms with E-state index >= 15 is 0 Å². The van der Waals surface area contributed by atoms with Crippen molar-refractivity contribution in [3.63, 3.8) is 0 Å². The number of pyridine rings is 1. The monoisotopic (exact) mass is 337 g/mol. The smallest absolute Gasteiger partial charge is 0.192 e. The number of nitrogens with zero attached hydrogens (tertiary/aromatic N) is 3. The Morgan fingerprint density at radius 3 is 2.96 bits per heavy atom. The Bertz CT molecular complexity index is 858. The van der Waals surface area contributed by atoms with Crippen LogP contribution >= 0.6 is 11.3 Å². The van der Waals surface area contributed by atoms with Crippen LogP contribution < -0.4 is 16.4 Å². The molecule has 120 valence electrons. The summed E-state index contributed by atoms with van der Waals surface area (Å²) >= 11 is 1.39.